The molecule has 0 aliphatic rings. The van der Waals surface area contributed by atoms with Gasteiger partial charge in [-0.1, -0.05) is 12.1 Å². The highest BCUT2D eigenvalue weighted by molar-refractivity contribution is 14.1. The minimum Gasteiger partial charge on any atom is -0.346 e. The van der Waals surface area contributed by atoms with Crippen LogP contribution in [0.3, 0.4) is 0 Å². The number of nitrogens with one attached hydrogen (secondary N) is 1. The van der Waals surface area contributed by atoms with Crippen molar-refractivity contribution in [2.24, 2.45) is 0 Å². The topological polar surface area (TPSA) is 29.1 Å². The lowest BCUT2D eigenvalue weighted by molar-refractivity contribution is 0.0221. The van der Waals surface area contributed by atoms with Crippen molar-refractivity contribution in [2.75, 3.05) is 6.54 Å². The number of amides is 1. The van der Waals surface area contributed by atoms with Crippen LogP contribution >= 0.6 is 22.6 Å². The van der Waals surface area contributed by atoms with E-state index in [9.17, 15) is 13.6 Å². The van der Waals surface area contributed by atoms with Crippen molar-refractivity contribution in [2.45, 2.75) is 12.8 Å². The fourth-order valence-corrected chi connectivity index (χ4v) is 1.61. The molecule has 0 bridgehead atoms. The zero-order valence-corrected chi connectivity index (χ0v) is 10.2. The summed E-state index contributed by atoms with van der Waals surface area (Å²) >= 11 is 1.99. The molecule has 0 unspecified atom stereocenters. The fourth-order valence-electron chi connectivity index (χ4n) is 0.976. The zero-order valence-electron chi connectivity index (χ0n) is 8.06. The molecule has 0 radical (unpaired) electrons. The Bertz CT molecular complexity index is 363. The van der Waals surface area contributed by atoms with Crippen LogP contribution in [0.2, 0.25) is 0 Å². The Morgan fingerprint density at radius 2 is 2.07 bits per heavy atom. The van der Waals surface area contributed by atoms with Crippen LogP contribution in [-0.4, -0.2) is 18.4 Å². The second kappa shape index (κ2) is 4.87. The maximum absolute atomic E-state index is 12.5. The van der Waals surface area contributed by atoms with Gasteiger partial charge in [0.1, 0.15) is 0 Å². The molecule has 0 saturated heterocycles. The SMILES string of the molecule is CC(F)(F)CNC(=O)c1ccccc1I. The molecule has 0 heterocycles. The number of hydrogen-bond donors (Lipinski definition) is 1. The van der Waals surface area contributed by atoms with E-state index >= 15 is 0 Å². The van der Waals surface area contributed by atoms with Crippen LogP contribution in [0.15, 0.2) is 24.3 Å². The number of halogens is 3. The van der Waals surface area contributed by atoms with E-state index in [2.05, 4.69) is 5.32 Å². The summed E-state index contributed by atoms with van der Waals surface area (Å²) in [7, 11) is 0. The van der Waals surface area contributed by atoms with Crippen LogP contribution in [0.25, 0.3) is 0 Å². The first-order chi connectivity index (χ1) is 6.90. The summed E-state index contributed by atoms with van der Waals surface area (Å²) in [5.41, 5.74) is 0.419. The molecule has 0 fully saturated rings. The number of carbonyl (C=O) groups is 1. The van der Waals surface area contributed by atoms with E-state index in [1.165, 1.54) is 0 Å². The molecule has 0 atom stereocenters. The molecule has 1 aromatic rings. The van der Waals surface area contributed by atoms with E-state index in [1.54, 1.807) is 24.3 Å². The van der Waals surface area contributed by atoms with Crippen molar-refractivity contribution in [1.29, 1.82) is 0 Å². The first-order valence-corrected chi connectivity index (χ1v) is 5.38. The lowest BCUT2D eigenvalue weighted by Gasteiger charge is -2.11. The molecule has 5 heteroatoms. The van der Waals surface area contributed by atoms with Crippen LogP contribution in [0.1, 0.15) is 17.3 Å². The van der Waals surface area contributed by atoms with Crippen molar-refractivity contribution in [3.8, 4) is 0 Å². The molecule has 0 spiro atoms. The zero-order chi connectivity index (χ0) is 11.5. The number of rotatable bonds is 3. The first-order valence-electron chi connectivity index (χ1n) is 4.31. The summed E-state index contributed by atoms with van der Waals surface area (Å²) < 4.78 is 25.7. The van der Waals surface area contributed by atoms with Gasteiger partial charge in [-0.15, -0.1) is 0 Å². The van der Waals surface area contributed by atoms with Gasteiger partial charge in [0, 0.05) is 10.5 Å². The lowest BCUT2D eigenvalue weighted by Crippen LogP contribution is -2.34. The molecule has 1 aromatic carbocycles. The largest absolute Gasteiger partial charge is 0.346 e. The second-order valence-corrected chi connectivity index (χ2v) is 4.39. The highest BCUT2D eigenvalue weighted by Crippen LogP contribution is 2.13. The smallest absolute Gasteiger partial charge is 0.262 e. The maximum Gasteiger partial charge on any atom is 0.262 e. The van der Waals surface area contributed by atoms with Gasteiger partial charge in [0.2, 0.25) is 0 Å². The highest BCUT2D eigenvalue weighted by atomic mass is 127. The predicted molar refractivity (Wildman–Crippen MR) is 62.1 cm³/mol. The van der Waals surface area contributed by atoms with Crippen LogP contribution < -0.4 is 5.32 Å². The number of carbonyl (C=O) groups excluding carboxylic acids is 1. The van der Waals surface area contributed by atoms with Gasteiger partial charge in [-0.25, -0.2) is 8.78 Å². The Labute approximate surface area is 100 Å². The summed E-state index contributed by atoms with van der Waals surface area (Å²) in [5.74, 6) is -3.35. The Hall–Kier alpha value is -0.720. The minimum absolute atomic E-state index is 0.419. The lowest BCUT2D eigenvalue weighted by atomic mass is 10.2. The van der Waals surface area contributed by atoms with Gasteiger partial charge in [-0.3, -0.25) is 4.79 Å². The van der Waals surface area contributed by atoms with Crippen molar-refractivity contribution in [1.82, 2.24) is 5.32 Å². The summed E-state index contributed by atoms with van der Waals surface area (Å²) in [5, 5.41) is 2.19. The molecule has 1 N–H and O–H groups in total. The third-order valence-electron chi connectivity index (χ3n) is 1.68. The van der Waals surface area contributed by atoms with E-state index in [4.69, 9.17) is 0 Å². The van der Waals surface area contributed by atoms with Crippen LogP contribution in [-0.2, 0) is 0 Å². The Balaban J connectivity index is 2.66. The van der Waals surface area contributed by atoms with E-state index in [-0.39, 0.29) is 0 Å². The Morgan fingerprint density at radius 3 is 2.60 bits per heavy atom. The average Bonchev–Trinajstić information content (AvgIpc) is 2.14. The van der Waals surface area contributed by atoms with Crippen LogP contribution in [0, 0.1) is 3.57 Å². The Kier molecular flexibility index (Phi) is 4.01. The van der Waals surface area contributed by atoms with Gasteiger partial charge in [0.05, 0.1) is 12.1 Å². The summed E-state index contributed by atoms with van der Waals surface area (Å²) in [6.45, 7) is 0.125. The van der Waals surface area contributed by atoms with Crippen LogP contribution in [0.5, 0.6) is 0 Å². The van der Waals surface area contributed by atoms with Crippen molar-refractivity contribution >= 4 is 28.5 Å². The van der Waals surface area contributed by atoms with Crippen molar-refractivity contribution in [3.05, 3.63) is 33.4 Å². The summed E-state index contributed by atoms with van der Waals surface area (Å²) in [4.78, 5) is 11.5. The van der Waals surface area contributed by atoms with E-state index in [1.807, 2.05) is 22.6 Å². The molecule has 1 amide bonds. The molecule has 0 aliphatic carbocycles. The third kappa shape index (κ3) is 4.11. The predicted octanol–water partition coefficient (Wildman–Crippen LogP) is 2.68. The standard InChI is InChI=1S/C10H10F2INO/c1-10(11,12)6-14-9(15)7-4-2-3-5-8(7)13/h2-5H,6H2,1H3,(H,14,15). The van der Waals surface area contributed by atoms with E-state index in [0.717, 1.165) is 10.5 Å². The monoisotopic (exact) mass is 325 g/mol. The average molecular weight is 325 g/mol. The molecular formula is C10H10F2INO. The number of hydrogen-bond acceptors (Lipinski definition) is 1. The highest BCUT2D eigenvalue weighted by Gasteiger charge is 2.22. The Morgan fingerprint density at radius 1 is 1.47 bits per heavy atom. The van der Waals surface area contributed by atoms with Gasteiger partial charge in [-0.2, -0.15) is 0 Å². The molecule has 2 nitrogen and oxygen atoms in total. The van der Waals surface area contributed by atoms with E-state index < -0.39 is 18.4 Å². The molecular weight excluding hydrogens is 315 g/mol. The minimum atomic E-state index is -2.88. The quantitative estimate of drug-likeness (QED) is 0.851. The summed E-state index contributed by atoms with van der Waals surface area (Å²) in [6, 6.07) is 6.83. The molecule has 0 aliphatic heterocycles. The normalized spacial score (nSPS) is 11.2. The molecule has 82 valence electrons. The van der Waals surface area contributed by atoms with Gasteiger partial charge in [-0.05, 0) is 34.7 Å². The van der Waals surface area contributed by atoms with Crippen molar-refractivity contribution in [3.63, 3.8) is 0 Å². The van der Waals surface area contributed by atoms with Gasteiger partial charge >= 0.3 is 0 Å². The number of benzene rings is 1. The van der Waals surface area contributed by atoms with Crippen molar-refractivity contribution < 1.29 is 13.6 Å². The molecule has 15 heavy (non-hydrogen) atoms. The van der Waals surface area contributed by atoms with Gasteiger partial charge in [0.15, 0.2) is 0 Å². The second-order valence-electron chi connectivity index (χ2n) is 3.23. The molecule has 1 rings (SSSR count). The third-order valence-corrected chi connectivity index (χ3v) is 2.62. The van der Waals surface area contributed by atoms with Crippen LogP contribution in [0.4, 0.5) is 8.78 Å². The van der Waals surface area contributed by atoms with Gasteiger partial charge in [0.25, 0.3) is 11.8 Å². The van der Waals surface area contributed by atoms with Gasteiger partial charge < -0.3 is 5.32 Å². The fraction of sp³-hybridized carbons (Fsp3) is 0.300. The maximum atomic E-state index is 12.5. The molecule has 0 aromatic heterocycles. The molecule has 0 saturated carbocycles. The summed E-state index contributed by atoms with van der Waals surface area (Å²) in [6.07, 6.45) is 0. The first kappa shape index (κ1) is 12.4. The van der Waals surface area contributed by atoms with E-state index in [0.29, 0.717) is 5.56 Å². The number of alkyl halides is 2.